The van der Waals surface area contributed by atoms with E-state index in [-0.39, 0.29) is 0 Å². The van der Waals surface area contributed by atoms with Crippen LogP contribution in [0.4, 0.5) is 0 Å². The van der Waals surface area contributed by atoms with E-state index in [0.29, 0.717) is 0 Å². The quantitative estimate of drug-likeness (QED) is 0.627. The van der Waals surface area contributed by atoms with Gasteiger partial charge in [0.15, 0.2) is 0 Å². The van der Waals surface area contributed by atoms with E-state index < -0.39 is 0 Å². The molecule has 3 atom stereocenters. The molecule has 0 radical (unpaired) electrons. The summed E-state index contributed by atoms with van der Waals surface area (Å²) in [5, 5.41) is 0. The second-order valence-corrected chi connectivity index (χ2v) is 5.77. The summed E-state index contributed by atoms with van der Waals surface area (Å²) in [6, 6.07) is 0.746. The number of likely N-dealkylation sites (tertiary alicyclic amines) is 1. The van der Waals surface area contributed by atoms with Crippen LogP contribution in [-0.2, 0) is 0 Å². The Labute approximate surface area is 89.0 Å². The Bertz CT molecular complexity index is 138. The van der Waals surface area contributed by atoms with E-state index in [1.165, 1.54) is 13.0 Å². The van der Waals surface area contributed by atoms with Crippen molar-refractivity contribution in [2.45, 2.75) is 30.2 Å². The van der Waals surface area contributed by atoms with Gasteiger partial charge in [-0.3, -0.25) is 4.90 Å². The van der Waals surface area contributed by atoms with Gasteiger partial charge in [0.25, 0.3) is 0 Å². The van der Waals surface area contributed by atoms with Crippen LogP contribution in [0.5, 0.6) is 0 Å². The summed E-state index contributed by atoms with van der Waals surface area (Å²) in [4.78, 5) is 2.51. The van der Waals surface area contributed by atoms with Crippen LogP contribution in [0.2, 0.25) is 0 Å². The monoisotopic (exact) mass is 282 g/mol. The van der Waals surface area contributed by atoms with Crippen molar-refractivity contribution in [1.82, 2.24) is 4.90 Å². The fourth-order valence-electron chi connectivity index (χ4n) is 1.95. The highest BCUT2D eigenvalue weighted by molar-refractivity contribution is 14.1. The largest absolute Gasteiger partial charge is 0.329 e. The minimum atomic E-state index is 0.746. The second kappa shape index (κ2) is 4.77. The summed E-state index contributed by atoms with van der Waals surface area (Å²) in [6.07, 6.45) is 1.35. The van der Waals surface area contributed by atoms with Crippen molar-refractivity contribution >= 4 is 22.6 Å². The molecule has 0 saturated carbocycles. The topological polar surface area (TPSA) is 29.3 Å². The number of hydrogen-bond donors (Lipinski definition) is 1. The third kappa shape index (κ3) is 2.57. The summed E-state index contributed by atoms with van der Waals surface area (Å²) in [5.41, 5.74) is 5.55. The normalized spacial score (nSPS) is 34.0. The van der Waals surface area contributed by atoms with E-state index in [1.807, 2.05) is 0 Å². The first-order valence-corrected chi connectivity index (χ1v) is 5.98. The van der Waals surface area contributed by atoms with E-state index in [9.17, 15) is 0 Å². The van der Waals surface area contributed by atoms with Gasteiger partial charge >= 0.3 is 0 Å². The molecule has 0 spiro atoms. The first-order valence-electron chi connectivity index (χ1n) is 4.73. The molecule has 0 bridgehead atoms. The van der Waals surface area contributed by atoms with Gasteiger partial charge in [-0.2, -0.15) is 0 Å². The zero-order valence-corrected chi connectivity index (χ0v) is 10.1. The molecular weight excluding hydrogens is 263 g/mol. The molecule has 1 rings (SSSR count). The maximum atomic E-state index is 5.55. The van der Waals surface area contributed by atoms with Crippen LogP contribution >= 0.6 is 22.6 Å². The molecule has 0 aromatic rings. The molecule has 0 aliphatic carbocycles. The maximum absolute atomic E-state index is 5.55. The van der Waals surface area contributed by atoms with Crippen molar-refractivity contribution in [2.24, 2.45) is 11.7 Å². The Morgan fingerprint density at radius 2 is 2.33 bits per heavy atom. The minimum absolute atomic E-state index is 0.746. The zero-order chi connectivity index (χ0) is 9.14. The van der Waals surface area contributed by atoms with E-state index in [0.717, 1.165) is 29.0 Å². The lowest BCUT2D eigenvalue weighted by atomic mass is 10.0. The zero-order valence-electron chi connectivity index (χ0n) is 7.96. The number of rotatable bonds is 3. The van der Waals surface area contributed by atoms with E-state index in [4.69, 9.17) is 5.73 Å². The van der Waals surface area contributed by atoms with E-state index >= 15 is 0 Å². The molecule has 3 heteroatoms. The molecule has 12 heavy (non-hydrogen) atoms. The molecule has 1 saturated heterocycles. The molecule has 2 N–H and O–H groups in total. The fraction of sp³-hybridized carbons (Fsp3) is 1.00. The summed E-state index contributed by atoms with van der Waals surface area (Å²) in [7, 11) is 0. The van der Waals surface area contributed by atoms with Crippen molar-refractivity contribution in [3.8, 4) is 0 Å². The SMILES string of the molecule is C[C@@H]1CC([C@@H](C)I)CN1CCN. The number of nitrogens with two attached hydrogens (primary N) is 1. The third-order valence-corrected chi connectivity index (χ3v) is 3.82. The Morgan fingerprint density at radius 1 is 1.67 bits per heavy atom. The molecule has 1 aliphatic heterocycles. The van der Waals surface area contributed by atoms with Crippen molar-refractivity contribution < 1.29 is 0 Å². The predicted octanol–water partition coefficient (Wildman–Crippen LogP) is 1.48. The Kier molecular flexibility index (Phi) is 4.26. The van der Waals surface area contributed by atoms with Gasteiger partial charge in [-0.25, -0.2) is 0 Å². The Balaban J connectivity index is 2.39. The van der Waals surface area contributed by atoms with Crippen LogP contribution in [0.25, 0.3) is 0 Å². The highest BCUT2D eigenvalue weighted by atomic mass is 127. The summed E-state index contributed by atoms with van der Waals surface area (Å²) in [6.45, 7) is 7.74. The van der Waals surface area contributed by atoms with Gasteiger partial charge in [0.2, 0.25) is 0 Å². The lowest BCUT2D eigenvalue weighted by Gasteiger charge is -2.19. The molecular formula is C9H19IN2. The van der Waals surface area contributed by atoms with Gasteiger partial charge < -0.3 is 5.73 Å². The van der Waals surface area contributed by atoms with Gasteiger partial charge in [0.1, 0.15) is 0 Å². The lowest BCUT2D eigenvalue weighted by Crippen LogP contribution is -2.32. The average Bonchev–Trinajstić information content (AvgIpc) is 2.34. The molecule has 1 unspecified atom stereocenters. The standard InChI is InChI=1S/C9H19IN2/c1-7-5-9(8(2)10)6-12(7)4-3-11/h7-9H,3-6,11H2,1-2H3/t7-,8-,9?/m1/s1. The molecule has 1 fully saturated rings. The van der Waals surface area contributed by atoms with Crippen LogP contribution in [0.3, 0.4) is 0 Å². The van der Waals surface area contributed by atoms with Crippen LogP contribution in [0.1, 0.15) is 20.3 Å². The van der Waals surface area contributed by atoms with Crippen molar-refractivity contribution in [2.75, 3.05) is 19.6 Å². The molecule has 72 valence electrons. The number of alkyl halides is 1. The van der Waals surface area contributed by atoms with Gasteiger partial charge in [0.05, 0.1) is 0 Å². The summed E-state index contributed by atoms with van der Waals surface area (Å²) >= 11 is 2.54. The van der Waals surface area contributed by atoms with Gasteiger partial charge in [-0.15, -0.1) is 0 Å². The first kappa shape index (κ1) is 10.7. The molecule has 1 heterocycles. The van der Waals surface area contributed by atoms with Crippen molar-refractivity contribution in [1.29, 1.82) is 0 Å². The van der Waals surface area contributed by atoms with Gasteiger partial charge in [0, 0.05) is 29.6 Å². The molecule has 0 aromatic carbocycles. The number of nitrogens with zero attached hydrogens (tertiary/aromatic N) is 1. The number of hydrogen-bond acceptors (Lipinski definition) is 2. The van der Waals surface area contributed by atoms with Crippen LogP contribution in [0.15, 0.2) is 0 Å². The Hall–Kier alpha value is 0.650. The lowest BCUT2D eigenvalue weighted by molar-refractivity contribution is 0.272. The van der Waals surface area contributed by atoms with Gasteiger partial charge in [-0.1, -0.05) is 29.5 Å². The second-order valence-electron chi connectivity index (χ2n) is 3.81. The first-order chi connectivity index (χ1) is 5.65. The molecule has 1 aliphatic rings. The molecule has 0 amide bonds. The molecule has 0 aromatic heterocycles. The van der Waals surface area contributed by atoms with E-state index in [1.54, 1.807) is 0 Å². The molecule has 2 nitrogen and oxygen atoms in total. The fourth-order valence-corrected chi connectivity index (χ4v) is 2.47. The van der Waals surface area contributed by atoms with Crippen LogP contribution < -0.4 is 5.73 Å². The summed E-state index contributed by atoms with van der Waals surface area (Å²) in [5.74, 6) is 0.882. The van der Waals surface area contributed by atoms with Gasteiger partial charge in [-0.05, 0) is 19.3 Å². The smallest absolute Gasteiger partial charge is 0.0122 e. The Morgan fingerprint density at radius 3 is 2.75 bits per heavy atom. The highest BCUT2D eigenvalue weighted by Gasteiger charge is 2.30. The van der Waals surface area contributed by atoms with Crippen molar-refractivity contribution in [3.05, 3.63) is 0 Å². The average molecular weight is 282 g/mol. The van der Waals surface area contributed by atoms with Crippen LogP contribution in [-0.4, -0.2) is 34.5 Å². The third-order valence-electron chi connectivity index (χ3n) is 2.80. The summed E-state index contributed by atoms with van der Waals surface area (Å²) < 4.78 is 0.799. The van der Waals surface area contributed by atoms with E-state index in [2.05, 4.69) is 41.3 Å². The van der Waals surface area contributed by atoms with Crippen molar-refractivity contribution in [3.63, 3.8) is 0 Å². The number of halogens is 1. The predicted molar refractivity (Wildman–Crippen MR) is 61.7 cm³/mol. The van der Waals surface area contributed by atoms with Crippen LogP contribution in [0, 0.1) is 5.92 Å². The highest BCUT2D eigenvalue weighted by Crippen LogP contribution is 2.28. The minimum Gasteiger partial charge on any atom is -0.329 e. The maximum Gasteiger partial charge on any atom is 0.0122 e.